The van der Waals surface area contributed by atoms with Crippen LogP contribution < -0.4 is 4.90 Å². The molecule has 0 bridgehead atoms. The van der Waals surface area contributed by atoms with E-state index in [0.29, 0.717) is 6.04 Å². The van der Waals surface area contributed by atoms with Gasteiger partial charge in [-0.25, -0.2) is 4.98 Å². The van der Waals surface area contributed by atoms with Crippen molar-refractivity contribution in [3.63, 3.8) is 0 Å². The molecule has 0 spiro atoms. The van der Waals surface area contributed by atoms with Crippen molar-refractivity contribution in [3.05, 3.63) is 12.4 Å². The largest absolute Gasteiger partial charge is 0.480 e. The number of anilines is 1. The highest BCUT2D eigenvalue weighted by Crippen LogP contribution is 2.30. The minimum absolute atomic E-state index is 0.0433. The first kappa shape index (κ1) is 10.0. The lowest BCUT2D eigenvalue weighted by Crippen LogP contribution is -2.33. The number of aromatic nitrogens is 2. The summed E-state index contributed by atoms with van der Waals surface area (Å²) < 4.78 is 1.97. The maximum Gasteiger partial charge on any atom is 0.323 e. The van der Waals surface area contributed by atoms with Crippen LogP contribution in [0.25, 0.3) is 0 Å². The van der Waals surface area contributed by atoms with Crippen LogP contribution in [-0.2, 0) is 11.3 Å². The van der Waals surface area contributed by atoms with E-state index in [-0.39, 0.29) is 6.54 Å². The Bertz CT molecular complexity index is 357. The van der Waals surface area contributed by atoms with Crippen LogP contribution in [0.5, 0.6) is 0 Å². The van der Waals surface area contributed by atoms with E-state index in [1.165, 1.54) is 0 Å². The third-order valence-corrected chi connectivity index (χ3v) is 2.58. The molecule has 0 radical (unpaired) electrons. The monoisotopic (exact) mass is 209 g/mol. The molecular formula is C10H15N3O2. The van der Waals surface area contributed by atoms with Crippen LogP contribution in [0, 0.1) is 0 Å². The van der Waals surface area contributed by atoms with Crippen LogP contribution in [0.1, 0.15) is 19.8 Å². The number of hydrogen-bond acceptors (Lipinski definition) is 3. The Hall–Kier alpha value is -1.52. The fraction of sp³-hybridized carbons (Fsp3) is 0.600. The first-order chi connectivity index (χ1) is 7.22. The molecule has 0 aliphatic heterocycles. The van der Waals surface area contributed by atoms with E-state index in [1.54, 1.807) is 6.20 Å². The molecule has 0 aromatic carbocycles. The molecular weight excluding hydrogens is 194 g/mol. The van der Waals surface area contributed by atoms with Gasteiger partial charge in [0.15, 0.2) is 0 Å². The molecule has 0 unspecified atom stereocenters. The van der Waals surface area contributed by atoms with E-state index in [9.17, 15) is 4.79 Å². The number of aliphatic carboxylic acids is 1. The third-order valence-electron chi connectivity index (χ3n) is 2.58. The van der Waals surface area contributed by atoms with Crippen molar-refractivity contribution in [2.75, 3.05) is 11.4 Å². The van der Waals surface area contributed by atoms with Crippen molar-refractivity contribution in [2.24, 2.45) is 0 Å². The minimum atomic E-state index is -0.799. The molecule has 1 aromatic heterocycles. The fourth-order valence-electron chi connectivity index (χ4n) is 1.70. The van der Waals surface area contributed by atoms with E-state index >= 15 is 0 Å². The first-order valence-electron chi connectivity index (χ1n) is 5.22. The molecule has 0 amide bonds. The zero-order valence-electron chi connectivity index (χ0n) is 8.76. The summed E-state index contributed by atoms with van der Waals surface area (Å²) in [4.78, 5) is 16.9. The minimum Gasteiger partial charge on any atom is -0.480 e. The number of carboxylic acids is 1. The van der Waals surface area contributed by atoms with Gasteiger partial charge < -0.3 is 14.6 Å². The van der Waals surface area contributed by atoms with Crippen molar-refractivity contribution in [1.82, 2.24) is 9.55 Å². The average Bonchev–Trinajstić information content (AvgIpc) is 2.92. The summed E-state index contributed by atoms with van der Waals surface area (Å²) in [5.74, 6) is -0.0186. The second-order valence-corrected chi connectivity index (χ2v) is 3.77. The van der Waals surface area contributed by atoms with E-state index in [2.05, 4.69) is 4.98 Å². The van der Waals surface area contributed by atoms with Gasteiger partial charge in [0.2, 0.25) is 5.95 Å². The van der Waals surface area contributed by atoms with Crippen LogP contribution in [0.3, 0.4) is 0 Å². The predicted octanol–water partition coefficient (Wildman–Crippen LogP) is 0.956. The standard InChI is InChI=1S/C10H15N3O2/c1-2-12-6-5-11-10(12)13(7-9(14)15)8-3-4-8/h5-6,8H,2-4,7H2,1H3,(H,14,15). The summed E-state index contributed by atoms with van der Waals surface area (Å²) in [5.41, 5.74) is 0. The maximum absolute atomic E-state index is 10.8. The number of carbonyl (C=O) groups is 1. The maximum atomic E-state index is 10.8. The Morgan fingerprint density at radius 3 is 3.00 bits per heavy atom. The summed E-state index contributed by atoms with van der Waals surface area (Å²) in [6.07, 6.45) is 5.75. The molecule has 1 N–H and O–H groups in total. The summed E-state index contributed by atoms with van der Waals surface area (Å²) in [6, 6.07) is 0.369. The van der Waals surface area contributed by atoms with E-state index < -0.39 is 5.97 Å². The molecule has 1 aliphatic carbocycles. The van der Waals surface area contributed by atoms with Gasteiger partial charge in [0, 0.05) is 25.0 Å². The smallest absolute Gasteiger partial charge is 0.323 e. The van der Waals surface area contributed by atoms with Gasteiger partial charge in [-0.3, -0.25) is 4.79 Å². The van der Waals surface area contributed by atoms with Crippen molar-refractivity contribution >= 4 is 11.9 Å². The number of rotatable bonds is 5. The summed E-state index contributed by atoms with van der Waals surface area (Å²) >= 11 is 0. The molecule has 5 nitrogen and oxygen atoms in total. The number of nitrogens with zero attached hydrogens (tertiary/aromatic N) is 3. The zero-order valence-corrected chi connectivity index (χ0v) is 8.76. The van der Waals surface area contributed by atoms with E-state index in [1.807, 2.05) is 22.6 Å². The van der Waals surface area contributed by atoms with Gasteiger partial charge in [-0.05, 0) is 19.8 Å². The Morgan fingerprint density at radius 1 is 1.73 bits per heavy atom. The molecule has 5 heteroatoms. The van der Waals surface area contributed by atoms with Crippen LogP contribution in [0.15, 0.2) is 12.4 Å². The summed E-state index contributed by atoms with van der Waals surface area (Å²) in [7, 11) is 0. The Morgan fingerprint density at radius 2 is 2.47 bits per heavy atom. The van der Waals surface area contributed by atoms with Crippen LogP contribution in [0.4, 0.5) is 5.95 Å². The van der Waals surface area contributed by atoms with Gasteiger partial charge in [0.25, 0.3) is 0 Å². The fourth-order valence-corrected chi connectivity index (χ4v) is 1.70. The SMILES string of the molecule is CCn1ccnc1N(CC(=O)O)C1CC1. The molecule has 1 aliphatic rings. The lowest BCUT2D eigenvalue weighted by atomic mass is 10.5. The summed E-state index contributed by atoms with van der Waals surface area (Å²) in [5, 5.41) is 8.84. The van der Waals surface area contributed by atoms with E-state index in [4.69, 9.17) is 5.11 Å². The molecule has 2 rings (SSSR count). The number of hydrogen-bond donors (Lipinski definition) is 1. The average molecular weight is 209 g/mol. The molecule has 15 heavy (non-hydrogen) atoms. The normalized spacial score (nSPS) is 15.3. The first-order valence-corrected chi connectivity index (χ1v) is 5.22. The summed E-state index contributed by atoms with van der Waals surface area (Å²) in [6.45, 7) is 2.89. The van der Waals surface area contributed by atoms with Crippen molar-refractivity contribution in [2.45, 2.75) is 32.4 Å². The van der Waals surface area contributed by atoms with Gasteiger partial charge in [0.1, 0.15) is 6.54 Å². The molecule has 82 valence electrons. The van der Waals surface area contributed by atoms with Crippen molar-refractivity contribution in [3.8, 4) is 0 Å². The highest BCUT2D eigenvalue weighted by molar-refractivity contribution is 5.73. The lowest BCUT2D eigenvalue weighted by Gasteiger charge is -2.21. The number of imidazole rings is 1. The second kappa shape index (κ2) is 3.92. The molecule has 1 heterocycles. The van der Waals surface area contributed by atoms with Crippen LogP contribution >= 0.6 is 0 Å². The topological polar surface area (TPSA) is 58.4 Å². The van der Waals surface area contributed by atoms with Crippen molar-refractivity contribution < 1.29 is 9.90 Å². The second-order valence-electron chi connectivity index (χ2n) is 3.77. The number of carboxylic acid groups (broad SMARTS) is 1. The predicted molar refractivity (Wildman–Crippen MR) is 55.9 cm³/mol. The highest BCUT2D eigenvalue weighted by Gasteiger charge is 2.32. The molecule has 1 saturated carbocycles. The molecule has 0 atom stereocenters. The van der Waals surface area contributed by atoms with Crippen LogP contribution in [-0.4, -0.2) is 33.2 Å². The highest BCUT2D eigenvalue weighted by atomic mass is 16.4. The number of aryl methyl sites for hydroxylation is 1. The Labute approximate surface area is 88.3 Å². The lowest BCUT2D eigenvalue weighted by molar-refractivity contribution is -0.135. The molecule has 1 fully saturated rings. The zero-order chi connectivity index (χ0) is 10.8. The third kappa shape index (κ3) is 2.11. The van der Waals surface area contributed by atoms with Gasteiger partial charge >= 0.3 is 5.97 Å². The van der Waals surface area contributed by atoms with Gasteiger partial charge in [0.05, 0.1) is 0 Å². The quantitative estimate of drug-likeness (QED) is 0.784. The van der Waals surface area contributed by atoms with Gasteiger partial charge in [-0.1, -0.05) is 0 Å². The van der Waals surface area contributed by atoms with Crippen LogP contribution in [0.2, 0.25) is 0 Å². The Kier molecular flexibility index (Phi) is 2.62. The molecule has 1 aromatic rings. The molecule has 0 saturated heterocycles. The Balaban J connectivity index is 2.19. The van der Waals surface area contributed by atoms with E-state index in [0.717, 1.165) is 25.3 Å². The van der Waals surface area contributed by atoms with Crippen molar-refractivity contribution in [1.29, 1.82) is 0 Å². The van der Waals surface area contributed by atoms with Gasteiger partial charge in [-0.2, -0.15) is 0 Å². The van der Waals surface area contributed by atoms with Gasteiger partial charge in [-0.15, -0.1) is 0 Å².